The molecule has 0 bridgehead atoms. The van der Waals surface area contributed by atoms with E-state index < -0.39 is 0 Å². The van der Waals surface area contributed by atoms with Crippen LogP contribution in [0.4, 0.5) is 0 Å². The van der Waals surface area contributed by atoms with Crippen molar-refractivity contribution in [3.05, 3.63) is 71.3 Å². The fraction of sp³-hybridized carbons (Fsp3) is 0.235. The summed E-state index contributed by atoms with van der Waals surface area (Å²) in [7, 11) is 0. The normalized spacial score (nSPS) is 11.9. The maximum absolute atomic E-state index is 12.0. The van der Waals surface area contributed by atoms with E-state index in [-0.39, 0.29) is 18.6 Å². The van der Waals surface area contributed by atoms with Gasteiger partial charge in [-0.25, -0.2) is 0 Å². The molecule has 0 aliphatic rings. The first-order valence-electron chi connectivity index (χ1n) is 6.70. The monoisotopic (exact) mass is 269 g/mol. The van der Waals surface area contributed by atoms with Crippen LogP contribution in [0.25, 0.3) is 0 Å². The average Bonchev–Trinajstić information content (AvgIpc) is 2.45. The second kappa shape index (κ2) is 6.87. The van der Waals surface area contributed by atoms with E-state index in [0.717, 1.165) is 16.7 Å². The van der Waals surface area contributed by atoms with E-state index >= 15 is 0 Å². The van der Waals surface area contributed by atoms with Gasteiger partial charge in [-0.05, 0) is 18.1 Å². The number of carbonyl (C=O) groups is 1. The lowest BCUT2D eigenvalue weighted by Gasteiger charge is -2.16. The molecule has 3 heteroatoms. The van der Waals surface area contributed by atoms with Gasteiger partial charge in [0.05, 0.1) is 19.1 Å². The van der Waals surface area contributed by atoms with Crippen molar-refractivity contribution in [2.24, 2.45) is 0 Å². The molecule has 0 spiro atoms. The molecule has 1 amide bonds. The highest BCUT2D eigenvalue weighted by atomic mass is 16.3. The van der Waals surface area contributed by atoms with Crippen LogP contribution in [0, 0.1) is 6.92 Å². The number of nitrogens with one attached hydrogen (secondary N) is 1. The fourth-order valence-corrected chi connectivity index (χ4v) is 2.17. The molecule has 0 unspecified atom stereocenters. The van der Waals surface area contributed by atoms with Gasteiger partial charge >= 0.3 is 0 Å². The van der Waals surface area contributed by atoms with Crippen molar-refractivity contribution >= 4 is 5.91 Å². The number of aliphatic hydroxyl groups excluding tert-OH is 1. The molecular formula is C17H19NO2. The lowest BCUT2D eigenvalue weighted by atomic mass is 10.1. The Labute approximate surface area is 119 Å². The lowest BCUT2D eigenvalue weighted by molar-refractivity contribution is -0.121. The summed E-state index contributed by atoms with van der Waals surface area (Å²) < 4.78 is 0. The standard InChI is InChI=1S/C17H19NO2/c1-13-6-5-7-14(10-13)11-17(20)18-16(12-19)15-8-3-2-4-9-15/h2-10,16,19H,11-12H2,1H3,(H,18,20)/t16-/m1/s1. The van der Waals surface area contributed by atoms with Crippen LogP contribution in [0.3, 0.4) is 0 Å². The maximum atomic E-state index is 12.0. The molecule has 2 aromatic rings. The Morgan fingerprint density at radius 1 is 1.15 bits per heavy atom. The highest BCUT2D eigenvalue weighted by Crippen LogP contribution is 2.12. The van der Waals surface area contributed by atoms with Gasteiger partial charge in [-0.15, -0.1) is 0 Å². The Morgan fingerprint density at radius 3 is 2.55 bits per heavy atom. The van der Waals surface area contributed by atoms with Crippen LogP contribution in [0.1, 0.15) is 22.7 Å². The van der Waals surface area contributed by atoms with Crippen LogP contribution in [0.2, 0.25) is 0 Å². The van der Waals surface area contributed by atoms with E-state index in [2.05, 4.69) is 5.32 Å². The van der Waals surface area contributed by atoms with Crippen molar-refractivity contribution in [3.8, 4) is 0 Å². The molecule has 0 saturated carbocycles. The van der Waals surface area contributed by atoms with Crippen LogP contribution in [0.15, 0.2) is 54.6 Å². The molecule has 3 nitrogen and oxygen atoms in total. The molecule has 2 aromatic carbocycles. The summed E-state index contributed by atoms with van der Waals surface area (Å²) in [5.41, 5.74) is 3.02. The van der Waals surface area contributed by atoms with Crippen molar-refractivity contribution in [1.29, 1.82) is 0 Å². The van der Waals surface area contributed by atoms with Gasteiger partial charge in [0.25, 0.3) is 0 Å². The number of amides is 1. The van der Waals surface area contributed by atoms with Crippen molar-refractivity contribution in [3.63, 3.8) is 0 Å². The summed E-state index contributed by atoms with van der Waals surface area (Å²) >= 11 is 0. The number of aliphatic hydroxyl groups is 1. The molecule has 104 valence electrons. The van der Waals surface area contributed by atoms with Crippen LogP contribution in [-0.2, 0) is 11.2 Å². The summed E-state index contributed by atoms with van der Waals surface area (Å²) in [5, 5.41) is 12.3. The van der Waals surface area contributed by atoms with E-state index in [1.807, 2.05) is 61.5 Å². The van der Waals surface area contributed by atoms with Gasteiger partial charge in [0.1, 0.15) is 0 Å². The van der Waals surface area contributed by atoms with Crippen LogP contribution in [0.5, 0.6) is 0 Å². The van der Waals surface area contributed by atoms with E-state index in [9.17, 15) is 9.90 Å². The highest BCUT2D eigenvalue weighted by Gasteiger charge is 2.13. The summed E-state index contributed by atoms with van der Waals surface area (Å²) in [6.07, 6.45) is 0.324. The van der Waals surface area contributed by atoms with Gasteiger partial charge in [-0.1, -0.05) is 60.2 Å². The molecule has 2 N–H and O–H groups in total. The number of benzene rings is 2. The Kier molecular flexibility index (Phi) is 4.91. The third-order valence-corrected chi connectivity index (χ3v) is 3.17. The van der Waals surface area contributed by atoms with Crippen molar-refractivity contribution in [2.75, 3.05) is 6.61 Å². The van der Waals surface area contributed by atoms with Gasteiger partial charge in [0, 0.05) is 0 Å². The second-order valence-electron chi connectivity index (χ2n) is 4.88. The SMILES string of the molecule is Cc1cccc(CC(=O)N[C@H](CO)c2ccccc2)c1. The molecule has 0 heterocycles. The smallest absolute Gasteiger partial charge is 0.224 e. The van der Waals surface area contributed by atoms with E-state index in [1.54, 1.807) is 0 Å². The lowest BCUT2D eigenvalue weighted by Crippen LogP contribution is -2.31. The zero-order valence-corrected chi connectivity index (χ0v) is 11.5. The third kappa shape index (κ3) is 3.93. The van der Waals surface area contributed by atoms with Gasteiger partial charge < -0.3 is 10.4 Å². The maximum Gasteiger partial charge on any atom is 0.224 e. The molecule has 0 aromatic heterocycles. The minimum atomic E-state index is -0.353. The minimum Gasteiger partial charge on any atom is -0.394 e. The predicted octanol–water partition coefficient (Wildman–Crippen LogP) is 2.39. The van der Waals surface area contributed by atoms with Gasteiger partial charge in [0.2, 0.25) is 5.91 Å². The van der Waals surface area contributed by atoms with E-state index in [0.29, 0.717) is 6.42 Å². The second-order valence-corrected chi connectivity index (χ2v) is 4.88. The molecule has 0 fully saturated rings. The topological polar surface area (TPSA) is 49.3 Å². The quantitative estimate of drug-likeness (QED) is 0.875. The molecular weight excluding hydrogens is 250 g/mol. The molecule has 0 radical (unpaired) electrons. The minimum absolute atomic E-state index is 0.0847. The number of hydrogen-bond donors (Lipinski definition) is 2. The van der Waals surface area contributed by atoms with Crippen molar-refractivity contribution in [2.45, 2.75) is 19.4 Å². The molecule has 2 rings (SSSR count). The highest BCUT2D eigenvalue weighted by molar-refractivity contribution is 5.79. The first-order chi connectivity index (χ1) is 9.69. The largest absolute Gasteiger partial charge is 0.394 e. The number of hydrogen-bond acceptors (Lipinski definition) is 2. The van der Waals surface area contributed by atoms with Crippen molar-refractivity contribution in [1.82, 2.24) is 5.32 Å². The summed E-state index contributed by atoms with van der Waals surface area (Å²) in [5.74, 6) is -0.0847. The molecule has 0 saturated heterocycles. The Hall–Kier alpha value is -2.13. The Balaban J connectivity index is 2.00. The van der Waals surface area contributed by atoms with E-state index in [1.165, 1.54) is 0 Å². The molecule has 0 aliphatic carbocycles. The summed E-state index contributed by atoms with van der Waals surface area (Å²) in [6.45, 7) is 1.89. The first kappa shape index (κ1) is 14.3. The molecule has 1 atom stereocenters. The van der Waals surface area contributed by atoms with Crippen LogP contribution in [-0.4, -0.2) is 17.6 Å². The zero-order chi connectivity index (χ0) is 14.4. The van der Waals surface area contributed by atoms with Crippen molar-refractivity contribution < 1.29 is 9.90 Å². The summed E-state index contributed by atoms with van der Waals surface area (Å²) in [4.78, 5) is 12.0. The average molecular weight is 269 g/mol. The first-order valence-corrected chi connectivity index (χ1v) is 6.70. The Bertz CT molecular complexity index is 566. The van der Waals surface area contributed by atoms with Crippen LogP contribution < -0.4 is 5.32 Å². The van der Waals surface area contributed by atoms with Gasteiger partial charge in [-0.2, -0.15) is 0 Å². The van der Waals surface area contributed by atoms with Crippen LogP contribution >= 0.6 is 0 Å². The number of aryl methyl sites for hydroxylation is 1. The fourth-order valence-electron chi connectivity index (χ4n) is 2.17. The van der Waals surface area contributed by atoms with Gasteiger partial charge in [0.15, 0.2) is 0 Å². The number of carbonyl (C=O) groups excluding carboxylic acids is 1. The molecule has 20 heavy (non-hydrogen) atoms. The van der Waals surface area contributed by atoms with E-state index in [4.69, 9.17) is 0 Å². The summed E-state index contributed by atoms with van der Waals surface area (Å²) in [6, 6.07) is 17.0. The number of rotatable bonds is 5. The Morgan fingerprint density at radius 2 is 1.90 bits per heavy atom. The zero-order valence-electron chi connectivity index (χ0n) is 11.5. The third-order valence-electron chi connectivity index (χ3n) is 3.17. The van der Waals surface area contributed by atoms with Gasteiger partial charge in [-0.3, -0.25) is 4.79 Å². The molecule has 0 aliphatic heterocycles. The predicted molar refractivity (Wildman–Crippen MR) is 79.3 cm³/mol.